The molecule has 0 aromatic rings. The summed E-state index contributed by atoms with van der Waals surface area (Å²) in [4.78, 5) is 14.8. The highest BCUT2D eigenvalue weighted by atomic mass is 16.6. The van der Waals surface area contributed by atoms with Crippen molar-refractivity contribution in [3.05, 3.63) is 12.7 Å². The van der Waals surface area contributed by atoms with E-state index in [4.69, 9.17) is 9.47 Å². The first kappa shape index (κ1) is 21.2. The number of hydrogen-bond donors (Lipinski definition) is 1. The molecule has 2 unspecified atom stereocenters. The van der Waals surface area contributed by atoms with E-state index in [9.17, 15) is 4.79 Å². The fourth-order valence-corrected chi connectivity index (χ4v) is 4.18. The van der Waals surface area contributed by atoms with Crippen LogP contribution >= 0.6 is 0 Å². The summed E-state index contributed by atoms with van der Waals surface area (Å²) in [6.45, 7) is 14.2. The van der Waals surface area contributed by atoms with E-state index in [-0.39, 0.29) is 12.1 Å². The van der Waals surface area contributed by atoms with Crippen molar-refractivity contribution in [3.63, 3.8) is 0 Å². The van der Waals surface area contributed by atoms with Gasteiger partial charge >= 0.3 is 6.09 Å². The maximum absolute atomic E-state index is 12.2. The smallest absolute Gasteiger partial charge is 0.407 e. The van der Waals surface area contributed by atoms with Gasteiger partial charge in [0.2, 0.25) is 0 Å². The molecule has 1 heterocycles. The average Bonchev–Trinajstić information content (AvgIpc) is 2.56. The predicted molar refractivity (Wildman–Crippen MR) is 105 cm³/mol. The number of amides is 1. The molecule has 1 N–H and O–H groups in total. The Morgan fingerprint density at radius 3 is 2.73 bits per heavy atom. The van der Waals surface area contributed by atoms with Crippen molar-refractivity contribution in [2.45, 2.75) is 70.9 Å². The van der Waals surface area contributed by atoms with Gasteiger partial charge in [-0.15, -0.1) is 6.58 Å². The van der Waals surface area contributed by atoms with Crippen molar-refractivity contribution in [2.75, 3.05) is 32.8 Å². The molecular formula is C21H38N2O3. The van der Waals surface area contributed by atoms with E-state index in [0.29, 0.717) is 18.4 Å². The number of rotatable bonds is 7. The lowest BCUT2D eigenvalue weighted by Crippen LogP contribution is -2.49. The molecule has 26 heavy (non-hydrogen) atoms. The summed E-state index contributed by atoms with van der Waals surface area (Å²) < 4.78 is 11.1. The van der Waals surface area contributed by atoms with Gasteiger partial charge in [-0.3, -0.25) is 0 Å². The average molecular weight is 367 g/mol. The second kappa shape index (κ2) is 10.3. The summed E-state index contributed by atoms with van der Waals surface area (Å²) >= 11 is 0. The van der Waals surface area contributed by atoms with Gasteiger partial charge in [0.05, 0.1) is 13.2 Å². The monoisotopic (exact) mass is 366 g/mol. The molecule has 1 saturated carbocycles. The van der Waals surface area contributed by atoms with Crippen LogP contribution in [0.1, 0.15) is 59.3 Å². The summed E-state index contributed by atoms with van der Waals surface area (Å²) in [7, 11) is 0. The van der Waals surface area contributed by atoms with Crippen LogP contribution in [0.2, 0.25) is 0 Å². The molecule has 5 heteroatoms. The molecule has 5 nitrogen and oxygen atoms in total. The zero-order chi connectivity index (χ0) is 19.0. The first-order chi connectivity index (χ1) is 12.4. The highest BCUT2D eigenvalue weighted by Crippen LogP contribution is 2.27. The number of hydrogen-bond acceptors (Lipinski definition) is 4. The van der Waals surface area contributed by atoms with Crippen molar-refractivity contribution < 1.29 is 14.3 Å². The SMILES string of the molecule is C=CCOC[C@@H]1CCCN(CC2CCCCC2NC(=O)OC(C)(C)C)C1. The number of nitrogens with one attached hydrogen (secondary N) is 1. The van der Waals surface area contributed by atoms with Crippen molar-refractivity contribution in [2.24, 2.45) is 11.8 Å². The number of ether oxygens (including phenoxy) is 2. The lowest BCUT2D eigenvalue weighted by Gasteiger charge is -2.39. The van der Waals surface area contributed by atoms with Crippen LogP contribution in [0.25, 0.3) is 0 Å². The van der Waals surface area contributed by atoms with Crippen LogP contribution in [-0.2, 0) is 9.47 Å². The van der Waals surface area contributed by atoms with E-state index in [1.807, 2.05) is 26.8 Å². The highest BCUT2D eigenvalue weighted by Gasteiger charge is 2.31. The molecule has 2 fully saturated rings. The van der Waals surface area contributed by atoms with Gasteiger partial charge < -0.3 is 19.7 Å². The predicted octanol–water partition coefficient (Wildman–Crippen LogP) is 3.98. The topological polar surface area (TPSA) is 50.8 Å². The first-order valence-corrected chi connectivity index (χ1v) is 10.3. The molecule has 2 aliphatic rings. The molecule has 1 aliphatic heterocycles. The van der Waals surface area contributed by atoms with Crippen molar-refractivity contribution in [3.8, 4) is 0 Å². The molecule has 0 bridgehead atoms. The van der Waals surface area contributed by atoms with Crippen molar-refractivity contribution >= 4 is 6.09 Å². The molecule has 0 aromatic heterocycles. The Bertz CT molecular complexity index is 447. The normalized spacial score (nSPS) is 27.7. The summed E-state index contributed by atoms with van der Waals surface area (Å²) in [5.41, 5.74) is -0.445. The maximum Gasteiger partial charge on any atom is 0.407 e. The van der Waals surface area contributed by atoms with Gasteiger partial charge in [0, 0.05) is 19.1 Å². The number of carbonyl (C=O) groups is 1. The third-order valence-corrected chi connectivity index (χ3v) is 5.30. The highest BCUT2D eigenvalue weighted by molar-refractivity contribution is 5.68. The van der Waals surface area contributed by atoms with E-state index in [2.05, 4.69) is 16.8 Å². The molecule has 2 rings (SSSR count). The Morgan fingerprint density at radius 1 is 1.23 bits per heavy atom. The lowest BCUT2D eigenvalue weighted by atomic mass is 9.83. The number of carbonyl (C=O) groups excluding carboxylic acids is 1. The minimum absolute atomic E-state index is 0.232. The van der Waals surface area contributed by atoms with Crippen LogP contribution in [0, 0.1) is 11.8 Å². The minimum atomic E-state index is -0.445. The van der Waals surface area contributed by atoms with E-state index in [1.54, 1.807) is 0 Å². The number of alkyl carbamates (subject to hydrolysis) is 1. The summed E-state index contributed by atoms with van der Waals surface area (Å²) in [6, 6.07) is 0.232. The van der Waals surface area contributed by atoms with Gasteiger partial charge in [0.25, 0.3) is 0 Å². The molecule has 0 radical (unpaired) electrons. The second-order valence-corrected chi connectivity index (χ2v) is 8.89. The summed E-state index contributed by atoms with van der Waals surface area (Å²) in [6.07, 6.45) is 8.72. The van der Waals surface area contributed by atoms with Gasteiger partial charge in [-0.05, 0) is 64.8 Å². The van der Waals surface area contributed by atoms with Crippen molar-refractivity contribution in [1.29, 1.82) is 0 Å². The summed E-state index contributed by atoms with van der Waals surface area (Å²) in [5.74, 6) is 1.13. The minimum Gasteiger partial charge on any atom is -0.444 e. The Labute approximate surface area is 159 Å². The van der Waals surface area contributed by atoms with E-state index in [1.165, 1.54) is 32.1 Å². The molecule has 150 valence electrons. The van der Waals surface area contributed by atoms with Crippen LogP contribution in [-0.4, -0.2) is 55.5 Å². The number of piperidine rings is 1. The fraction of sp³-hybridized carbons (Fsp3) is 0.857. The molecular weight excluding hydrogens is 328 g/mol. The van der Waals surface area contributed by atoms with Crippen LogP contribution in [0.5, 0.6) is 0 Å². The third kappa shape index (κ3) is 7.67. The van der Waals surface area contributed by atoms with Crippen LogP contribution < -0.4 is 5.32 Å². The first-order valence-electron chi connectivity index (χ1n) is 10.3. The van der Waals surface area contributed by atoms with Gasteiger partial charge in [0.15, 0.2) is 0 Å². The molecule has 1 saturated heterocycles. The largest absolute Gasteiger partial charge is 0.444 e. The van der Waals surface area contributed by atoms with E-state index >= 15 is 0 Å². The second-order valence-electron chi connectivity index (χ2n) is 8.89. The van der Waals surface area contributed by atoms with Crippen LogP contribution in [0.3, 0.4) is 0 Å². The maximum atomic E-state index is 12.2. The summed E-state index contributed by atoms with van der Waals surface area (Å²) in [5, 5.41) is 3.14. The van der Waals surface area contributed by atoms with E-state index < -0.39 is 5.60 Å². The number of likely N-dealkylation sites (tertiary alicyclic amines) is 1. The standard InChI is InChI=1S/C21H38N2O3/c1-5-13-25-16-17-9-8-12-23(14-17)15-18-10-6-7-11-19(18)22-20(24)26-21(2,3)4/h5,17-19H,1,6-16H2,2-4H3,(H,22,24)/t17-,18?,19?/m1/s1. The molecule has 0 aromatic carbocycles. The van der Waals surface area contributed by atoms with Gasteiger partial charge in [-0.1, -0.05) is 18.9 Å². The Hall–Kier alpha value is -1.07. The fourth-order valence-electron chi connectivity index (χ4n) is 4.18. The van der Waals surface area contributed by atoms with Gasteiger partial charge in [0.1, 0.15) is 5.60 Å². The molecule has 1 aliphatic carbocycles. The quantitative estimate of drug-likeness (QED) is 0.547. The van der Waals surface area contributed by atoms with Crippen LogP contribution in [0.15, 0.2) is 12.7 Å². The zero-order valence-electron chi connectivity index (χ0n) is 17.0. The zero-order valence-corrected chi connectivity index (χ0v) is 17.0. The van der Waals surface area contributed by atoms with Gasteiger partial charge in [-0.25, -0.2) is 4.79 Å². The molecule has 0 spiro atoms. The lowest BCUT2D eigenvalue weighted by molar-refractivity contribution is 0.0414. The van der Waals surface area contributed by atoms with Crippen molar-refractivity contribution in [1.82, 2.24) is 10.2 Å². The van der Waals surface area contributed by atoms with Gasteiger partial charge in [-0.2, -0.15) is 0 Å². The van der Waals surface area contributed by atoms with E-state index in [0.717, 1.165) is 32.7 Å². The van der Waals surface area contributed by atoms with Crippen LogP contribution in [0.4, 0.5) is 4.79 Å². The third-order valence-electron chi connectivity index (χ3n) is 5.30. The molecule has 1 amide bonds. The molecule has 3 atom stereocenters. The Balaban J connectivity index is 1.82. The number of nitrogens with zero attached hydrogens (tertiary/aromatic N) is 1. The Kier molecular flexibility index (Phi) is 8.42. The Morgan fingerprint density at radius 2 is 2.00 bits per heavy atom.